The lowest BCUT2D eigenvalue weighted by Gasteiger charge is -2.29. The molecule has 1 aromatic heterocycles. The highest BCUT2D eigenvalue weighted by molar-refractivity contribution is 6.14. The Morgan fingerprint density at radius 2 is 1.34 bits per heavy atom. The molecule has 2 heteroatoms. The van der Waals surface area contributed by atoms with Crippen molar-refractivity contribution >= 4 is 43.1 Å². The van der Waals surface area contributed by atoms with Gasteiger partial charge in [-0.2, -0.15) is 0 Å². The Balaban J connectivity index is 1.60. The number of ether oxygens (including phenoxy) is 1. The molecule has 0 unspecified atom stereocenters. The van der Waals surface area contributed by atoms with E-state index in [9.17, 15) is 0 Å². The Morgan fingerprint density at radius 1 is 0.659 bits per heavy atom. The van der Waals surface area contributed by atoms with E-state index < -0.39 is 0 Å². The number of nitrogens with zero attached hydrogens (tertiary/aromatic N) is 1. The molecule has 0 bridgehead atoms. The van der Waals surface area contributed by atoms with Crippen LogP contribution in [-0.2, 0) is 19.9 Å². The number of rotatable bonds is 2. The molecule has 6 aromatic rings. The third-order valence-electron chi connectivity index (χ3n) is 8.63. The number of fused-ring (bicyclic) bond motifs is 6. The van der Waals surface area contributed by atoms with Crippen LogP contribution >= 0.6 is 0 Å². The molecule has 5 aromatic carbocycles. The van der Waals surface area contributed by atoms with Gasteiger partial charge in [-0.25, -0.2) is 4.57 Å². The topological polar surface area (TPSA) is 13.1 Å². The Hall–Kier alpha value is -3.91. The Morgan fingerprint density at radius 3 is 2.02 bits per heavy atom. The fraction of sp³-hybridized carbons (Fsp3) is 0.308. The molecule has 0 atom stereocenters. The van der Waals surface area contributed by atoms with Crippen molar-refractivity contribution in [3.05, 3.63) is 89.6 Å². The van der Waals surface area contributed by atoms with E-state index in [0.29, 0.717) is 0 Å². The first-order chi connectivity index (χ1) is 19.4. The standard InChI is InChI=1S/C39H40NO/c1-23-30-19-25-11-9-10-12-26(25)20-31(30)32(22-39(5,6)7)37-33(23)35-34-27(15-16-40(35)8)18-28-17-24(21-38(2,3)4)13-14-29(28)36(34)41-37/h9-20H,21-22H2,1-8H3/q+1. The quantitative estimate of drug-likeness (QED) is 0.158. The highest BCUT2D eigenvalue weighted by Crippen LogP contribution is 2.54. The minimum Gasteiger partial charge on any atom is -0.455 e. The summed E-state index contributed by atoms with van der Waals surface area (Å²) in [4.78, 5) is 0. The van der Waals surface area contributed by atoms with Crippen molar-refractivity contribution in [2.24, 2.45) is 17.9 Å². The van der Waals surface area contributed by atoms with Crippen LogP contribution in [0.15, 0.2) is 72.9 Å². The molecule has 1 aliphatic heterocycles. The van der Waals surface area contributed by atoms with Crippen LogP contribution in [0.1, 0.15) is 58.2 Å². The van der Waals surface area contributed by atoms with Gasteiger partial charge in [0.05, 0.1) is 10.9 Å². The molecule has 0 spiro atoms. The van der Waals surface area contributed by atoms with E-state index in [2.05, 4.69) is 133 Å². The average Bonchev–Trinajstić information content (AvgIpc) is 2.90. The maximum atomic E-state index is 7.22. The van der Waals surface area contributed by atoms with Gasteiger partial charge in [0.15, 0.2) is 6.20 Å². The molecule has 2 heterocycles. The fourth-order valence-corrected chi connectivity index (χ4v) is 6.98. The predicted molar refractivity (Wildman–Crippen MR) is 174 cm³/mol. The van der Waals surface area contributed by atoms with Gasteiger partial charge in [-0.15, -0.1) is 0 Å². The molecule has 0 radical (unpaired) electrons. The van der Waals surface area contributed by atoms with Gasteiger partial charge in [-0.3, -0.25) is 0 Å². The van der Waals surface area contributed by atoms with Crippen LogP contribution in [0, 0.1) is 17.8 Å². The molecular formula is C39H40NO+. The van der Waals surface area contributed by atoms with Crippen LogP contribution in [-0.4, -0.2) is 0 Å². The van der Waals surface area contributed by atoms with E-state index >= 15 is 0 Å². The molecule has 0 fully saturated rings. The summed E-state index contributed by atoms with van der Waals surface area (Å²) in [5, 5.41) is 10.1. The van der Waals surface area contributed by atoms with Crippen LogP contribution in [0.3, 0.4) is 0 Å². The largest absolute Gasteiger partial charge is 0.455 e. The van der Waals surface area contributed by atoms with Crippen LogP contribution in [0.25, 0.3) is 54.3 Å². The van der Waals surface area contributed by atoms with Gasteiger partial charge in [0.1, 0.15) is 18.5 Å². The second-order valence-electron chi connectivity index (χ2n) is 14.6. The number of pyridine rings is 1. The van der Waals surface area contributed by atoms with Crippen molar-refractivity contribution < 1.29 is 9.30 Å². The Bertz CT molecular complexity index is 2050. The summed E-state index contributed by atoms with van der Waals surface area (Å²) >= 11 is 0. The highest BCUT2D eigenvalue weighted by atomic mass is 16.5. The van der Waals surface area contributed by atoms with Gasteiger partial charge in [0.25, 0.3) is 0 Å². The lowest BCUT2D eigenvalue weighted by molar-refractivity contribution is -0.659. The van der Waals surface area contributed by atoms with Crippen LogP contribution in [0.2, 0.25) is 0 Å². The minimum atomic E-state index is 0.0973. The van der Waals surface area contributed by atoms with Gasteiger partial charge in [0.2, 0.25) is 5.69 Å². The number of hydrogen-bond donors (Lipinski definition) is 0. The maximum Gasteiger partial charge on any atom is 0.228 e. The normalized spacial score (nSPS) is 13.3. The number of aromatic nitrogens is 1. The first kappa shape index (κ1) is 26.0. The molecule has 206 valence electrons. The molecule has 0 amide bonds. The average molecular weight is 539 g/mol. The SMILES string of the molecule is Cc1c2c(c(CC(C)(C)C)c3cc4ccccc4cc13)Oc1c3ccc(CC(C)(C)C)cc3cc3cc[n+](C)c-2c13. The monoisotopic (exact) mass is 538 g/mol. The van der Waals surface area contributed by atoms with Gasteiger partial charge >= 0.3 is 0 Å². The van der Waals surface area contributed by atoms with Crippen LogP contribution < -0.4 is 9.30 Å². The first-order valence-corrected chi connectivity index (χ1v) is 14.9. The van der Waals surface area contributed by atoms with E-state index in [0.717, 1.165) is 24.3 Å². The zero-order chi connectivity index (χ0) is 28.8. The summed E-state index contributed by atoms with van der Waals surface area (Å²) in [5.74, 6) is 2.02. The predicted octanol–water partition coefficient (Wildman–Crippen LogP) is 10.4. The lowest BCUT2D eigenvalue weighted by atomic mass is 9.81. The van der Waals surface area contributed by atoms with Gasteiger partial charge < -0.3 is 4.74 Å². The van der Waals surface area contributed by atoms with Crippen molar-refractivity contribution in [2.45, 2.75) is 61.3 Å². The summed E-state index contributed by atoms with van der Waals surface area (Å²) < 4.78 is 9.52. The van der Waals surface area contributed by atoms with Crippen molar-refractivity contribution in [1.29, 1.82) is 0 Å². The number of benzene rings is 5. The molecule has 0 N–H and O–H groups in total. The van der Waals surface area contributed by atoms with Crippen molar-refractivity contribution in [2.75, 3.05) is 0 Å². The van der Waals surface area contributed by atoms with Gasteiger partial charge in [-0.1, -0.05) is 84.0 Å². The van der Waals surface area contributed by atoms with Crippen molar-refractivity contribution in [3.8, 4) is 22.8 Å². The highest BCUT2D eigenvalue weighted by Gasteiger charge is 2.35. The van der Waals surface area contributed by atoms with Gasteiger partial charge in [-0.05, 0) is 92.2 Å². The molecular weight excluding hydrogens is 498 g/mol. The smallest absolute Gasteiger partial charge is 0.228 e. The molecule has 2 nitrogen and oxygen atoms in total. The zero-order valence-corrected chi connectivity index (χ0v) is 25.7. The summed E-state index contributed by atoms with van der Waals surface area (Å²) in [6.45, 7) is 16.2. The summed E-state index contributed by atoms with van der Waals surface area (Å²) in [6, 6.07) is 25.1. The zero-order valence-electron chi connectivity index (χ0n) is 25.7. The van der Waals surface area contributed by atoms with E-state index in [1.165, 1.54) is 71.0 Å². The third-order valence-corrected chi connectivity index (χ3v) is 8.63. The van der Waals surface area contributed by atoms with E-state index in [1.54, 1.807) is 0 Å². The second-order valence-corrected chi connectivity index (χ2v) is 14.6. The fourth-order valence-electron chi connectivity index (χ4n) is 6.98. The maximum absolute atomic E-state index is 7.22. The number of hydrogen-bond acceptors (Lipinski definition) is 1. The molecule has 41 heavy (non-hydrogen) atoms. The van der Waals surface area contributed by atoms with Crippen LogP contribution in [0.5, 0.6) is 11.5 Å². The Labute approximate surface area is 243 Å². The molecule has 0 saturated heterocycles. The van der Waals surface area contributed by atoms with Crippen molar-refractivity contribution in [1.82, 2.24) is 0 Å². The molecule has 0 aliphatic carbocycles. The van der Waals surface area contributed by atoms with Gasteiger partial charge in [0, 0.05) is 17.0 Å². The minimum absolute atomic E-state index is 0.0973. The summed E-state index contributed by atoms with van der Waals surface area (Å²) in [7, 11) is 2.18. The first-order valence-electron chi connectivity index (χ1n) is 14.9. The van der Waals surface area contributed by atoms with E-state index in [-0.39, 0.29) is 10.8 Å². The van der Waals surface area contributed by atoms with Crippen LogP contribution in [0.4, 0.5) is 0 Å². The third kappa shape index (κ3) is 4.27. The van der Waals surface area contributed by atoms with Crippen molar-refractivity contribution in [3.63, 3.8) is 0 Å². The number of aryl methyl sites for hydroxylation is 2. The molecule has 7 rings (SSSR count). The molecule has 1 aliphatic rings. The Kier molecular flexibility index (Phi) is 5.58. The lowest BCUT2D eigenvalue weighted by Crippen LogP contribution is -2.32. The van der Waals surface area contributed by atoms with E-state index in [1.807, 2.05) is 0 Å². The summed E-state index contributed by atoms with van der Waals surface area (Å²) in [6.07, 6.45) is 4.19. The molecule has 0 saturated carbocycles. The van der Waals surface area contributed by atoms with E-state index in [4.69, 9.17) is 4.74 Å². The second kappa shape index (κ2) is 8.79. The summed E-state index contributed by atoms with van der Waals surface area (Å²) in [5.41, 5.74) is 6.78.